The second-order valence-electron chi connectivity index (χ2n) is 7.69. The fraction of sp³-hybridized carbons (Fsp3) is 0.524. The number of ether oxygens (including phenoxy) is 1. The lowest BCUT2D eigenvalue weighted by molar-refractivity contribution is -0.148. The monoisotopic (exact) mass is 417 g/mol. The Bertz CT molecular complexity index is 833. The predicted octanol–water partition coefficient (Wildman–Crippen LogP) is 3.75. The van der Waals surface area contributed by atoms with Crippen LogP contribution in [-0.4, -0.2) is 40.4 Å². The van der Waals surface area contributed by atoms with Crippen molar-refractivity contribution in [2.24, 2.45) is 11.3 Å². The van der Waals surface area contributed by atoms with E-state index in [1.807, 2.05) is 30.3 Å². The molecule has 0 radical (unpaired) electrons. The molecule has 2 N–H and O–H groups in total. The van der Waals surface area contributed by atoms with Gasteiger partial charge in [0.15, 0.2) is 0 Å². The molecule has 0 spiro atoms. The Morgan fingerprint density at radius 1 is 1.24 bits per heavy atom. The smallest absolute Gasteiger partial charge is 0.309 e. The number of nitrogens with zero attached hydrogens (tertiary/aromatic N) is 2. The maximum absolute atomic E-state index is 13.2. The lowest BCUT2D eigenvalue weighted by atomic mass is 9.75. The third kappa shape index (κ3) is 5.19. The molecule has 0 bridgehead atoms. The second-order valence-corrected chi connectivity index (χ2v) is 8.76. The molecule has 1 heterocycles. The summed E-state index contributed by atoms with van der Waals surface area (Å²) in [4.78, 5) is 24.9. The quantitative estimate of drug-likeness (QED) is 0.644. The van der Waals surface area contributed by atoms with Crippen molar-refractivity contribution in [3.05, 3.63) is 40.9 Å². The van der Waals surface area contributed by atoms with E-state index in [1.165, 1.54) is 18.4 Å². The Morgan fingerprint density at radius 2 is 1.93 bits per heavy atom. The fourth-order valence-electron chi connectivity index (χ4n) is 3.99. The summed E-state index contributed by atoms with van der Waals surface area (Å²) in [5.41, 5.74) is 0.424. The Labute approximate surface area is 174 Å². The van der Waals surface area contributed by atoms with Gasteiger partial charge in [-0.2, -0.15) is 0 Å². The Kier molecular flexibility index (Phi) is 6.97. The highest BCUT2D eigenvalue weighted by molar-refractivity contribution is 7.15. The van der Waals surface area contributed by atoms with Crippen LogP contribution in [0.2, 0.25) is 0 Å². The summed E-state index contributed by atoms with van der Waals surface area (Å²) < 4.78 is 5.25. The van der Waals surface area contributed by atoms with E-state index < -0.39 is 23.4 Å². The molecular formula is C21H27N3O4S. The van der Waals surface area contributed by atoms with Crippen molar-refractivity contribution in [2.75, 3.05) is 12.4 Å². The van der Waals surface area contributed by atoms with Crippen molar-refractivity contribution in [3.8, 4) is 0 Å². The number of rotatable bonds is 9. The van der Waals surface area contributed by atoms with Crippen LogP contribution in [0.15, 0.2) is 30.3 Å². The number of nitrogens with one attached hydrogen (secondary N) is 1. The van der Waals surface area contributed by atoms with Crippen molar-refractivity contribution in [2.45, 2.75) is 51.6 Å². The van der Waals surface area contributed by atoms with Gasteiger partial charge in [0.2, 0.25) is 11.0 Å². The Hall–Kier alpha value is -2.32. The zero-order valence-corrected chi connectivity index (χ0v) is 17.6. The molecule has 8 heteroatoms. The number of carbonyl (C=O) groups excluding carboxylic acids is 1. The fourth-order valence-corrected chi connectivity index (χ4v) is 4.76. The highest BCUT2D eigenvalue weighted by atomic mass is 32.1. The maximum Gasteiger partial charge on any atom is 0.309 e. The summed E-state index contributed by atoms with van der Waals surface area (Å²) in [6.07, 6.45) is 3.64. The average molecular weight is 418 g/mol. The van der Waals surface area contributed by atoms with Gasteiger partial charge in [0.1, 0.15) is 5.01 Å². The summed E-state index contributed by atoms with van der Waals surface area (Å²) >= 11 is 1.35. The third-order valence-corrected chi connectivity index (χ3v) is 6.63. The maximum atomic E-state index is 13.2. The Balaban J connectivity index is 1.71. The molecule has 1 aliphatic carbocycles. The minimum atomic E-state index is -0.931. The number of anilines is 1. The number of benzene rings is 1. The first-order valence-electron chi connectivity index (χ1n) is 9.87. The molecule has 2 atom stereocenters. The van der Waals surface area contributed by atoms with Crippen molar-refractivity contribution in [1.82, 2.24) is 10.2 Å². The van der Waals surface area contributed by atoms with Crippen LogP contribution in [-0.2, 0) is 20.7 Å². The first kappa shape index (κ1) is 21.4. The lowest BCUT2D eigenvalue weighted by Crippen LogP contribution is -2.40. The molecule has 1 aromatic carbocycles. The van der Waals surface area contributed by atoms with Crippen LogP contribution in [0.25, 0.3) is 0 Å². The van der Waals surface area contributed by atoms with E-state index in [9.17, 15) is 14.7 Å². The van der Waals surface area contributed by atoms with Crippen molar-refractivity contribution < 1.29 is 19.4 Å². The predicted molar refractivity (Wildman–Crippen MR) is 111 cm³/mol. The molecule has 2 unspecified atom stereocenters. The number of carboxylic acids is 1. The summed E-state index contributed by atoms with van der Waals surface area (Å²) in [5, 5.41) is 22.1. The number of amides is 1. The molecule has 7 nitrogen and oxygen atoms in total. The molecule has 3 rings (SSSR count). The van der Waals surface area contributed by atoms with Gasteiger partial charge in [0.25, 0.3) is 0 Å². The van der Waals surface area contributed by atoms with Crippen molar-refractivity contribution in [3.63, 3.8) is 0 Å². The standard InChI is InChI=1S/C21H27N3O4S/c1-14(28-2)16(18(25)26)13-21(10-6-7-11-21)19(27)22-20-24-23-17(29-20)12-15-8-4-3-5-9-15/h3-5,8-9,14,16H,6-7,10-13H2,1-2H3,(H,25,26)(H,22,24,27). The van der Waals surface area contributed by atoms with Gasteiger partial charge in [-0.15, -0.1) is 10.2 Å². The normalized spacial score (nSPS) is 17.6. The van der Waals surface area contributed by atoms with E-state index in [1.54, 1.807) is 6.92 Å². The highest BCUT2D eigenvalue weighted by Crippen LogP contribution is 2.45. The summed E-state index contributed by atoms with van der Waals surface area (Å²) in [6.45, 7) is 1.74. The molecule has 0 saturated heterocycles. The largest absolute Gasteiger partial charge is 0.481 e. The van der Waals surface area contributed by atoms with Crippen LogP contribution in [0.1, 0.15) is 49.6 Å². The molecule has 1 amide bonds. The van der Waals surface area contributed by atoms with Gasteiger partial charge in [0, 0.05) is 13.5 Å². The van der Waals surface area contributed by atoms with Gasteiger partial charge in [0.05, 0.1) is 17.4 Å². The zero-order chi connectivity index (χ0) is 20.9. The first-order valence-corrected chi connectivity index (χ1v) is 10.7. The molecule has 1 saturated carbocycles. The number of aliphatic carboxylic acids is 1. The van der Waals surface area contributed by atoms with Gasteiger partial charge >= 0.3 is 5.97 Å². The van der Waals surface area contributed by atoms with Crippen molar-refractivity contribution >= 4 is 28.3 Å². The number of methoxy groups -OCH3 is 1. The average Bonchev–Trinajstić information content (AvgIpc) is 3.36. The molecule has 1 aliphatic rings. The number of carbonyl (C=O) groups is 2. The molecule has 156 valence electrons. The highest BCUT2D eigenvalue weighted by Gasteiger charge is 2.45. The number of aromatic nitrogens is 2. The zero-order valence-electron chi connectivity index (χ0n) is 16.8. The lowest BCUT2D eigenvalue weighted by Gasteiger charge is -2.31. The summed E-state index contributed by atoms with van der Waals surface area (Å²) in [6, 6.07) is 9.96. The number of hydrogen-bond acceptors (Lipinski definition) is 6. The summed E-state index contributed by atoms with van der Waals surface area (Å²) in [5.74, 6) is -1.82. The molecular weight excluding hydrogens is 390 g/mol. The van der Waals surface area contributed by atoms with Gasteiger partial charge in [-0.05, 0) is 31.7 Å². The minimum absolute atomic E-state index is 0.160. The summed E-state index contributed by atoms with van der Waals surface area (Å²) in [7, 11) is 1.50. The Morgan fingerprint density at radius 3 is 2.55 bits per heavy atom. The van der Waals surface area contributed by atoms with Crippen LogP contribution in [0, 0.1) is 11.3 Å². The minimum Gasteiger partial charge on any atom is -0.481 e. The molecule has 29 heavy (non-hydrogen) atoms. The van der Waals surface area contributed by atoms with Crippen LogP contribution in [0.3, 0.4) is 0 Å². The SMILES string of the molecule is COC(C)C(CC1(C(=O)Nc2nnc(Cc3ccccc3)s2)CCCC1)C(=O)O. The van der Waals surface area contributed by atoms with Gasteiger partial charge in [-0.25, -0.2) is 0 Å². The van der Waals surface area contributed by atoms with E-state index >= 15 is 0 Å². The molecule has 1 fully saturated rings. The van der Waals surface area contributed by atoms with Crippen LogP contribution < -0.4 is 5.32 Å². The van der Waals surface area contributed by atoms with E-state index in [-0.39, 0.29) is 12.3 Å². The topological polar surface area (TPSA) is 101 Å². The van der Waals surface area contributed by atoms with Crippen LogP contribution >= 0.6 is 11.3 Å². The van der Waals surface area contributed by atoms with E-state index in [0.29, 0.717) is 24.4 Å². The van der Waals surface area contributed by atoms with Crippen LogP contribution in [0.4, 0.5) is 5.13 Å². The van der Waals surface area contributed by atoms with Gasteiger partial charge < -0.3 is 15.2 Å². The molecule has 2 aromatic rings. The molecule has 1 aromatic heterocycles. The van der Waals surface area contributed by atoms with E-state index in [2.05, 4.69) is 15.5 Å². The van der Waals surface area contributed by atoms with E-state index in [4.69, 9.17) is 4.74 Å². The molecule has 0 aliphatic heterocycles. The van der Waals surface area contributed by atoms with Crippen molar-refractivity contribution in [1.29, 1.82) is 0 Å². The van der Waals surface area contributed by atoms with Gasteiger partial charge in [-0.1, -0.05) is 54.5 Å². The van der Waals surface area contributed by atoms with Crippen LogP contribution in [0.5, 0.6) is 0 Å². The first-order chi connectivity index (χ1) is 13.9. The second kappa shape index (κ2) is 9.45. The van der Waals surface area contributed by atoms with E-state index in [0.717, 1.165) is 23.4 Å². The number of hydrogen-bond donors (Lipinski definition) is 2. The number of carboxylic acid groups (broad SMARTS) is 1. The van der Waals surface area contributed by atoms with Gasteiger partial charge in [-0.3, -0.25) is 9.59 Å². The third-order valence-electron chi connectivity index (χ3n) is 5.79.